The van der Waals surface area contributed by atoms with Crippen LogP contribution in [-0.4, -0.2) is 45.9 Å². The lowest BCUT2D eigenvalue weighted by Gasteiger charge is -2.36. The van der Waals surface area contributed by atoms with Gasteiger partial charge in [0.1, 0.15) is 5.67 Å². The average Bonchev–Trinajstić information content (AvgIpc) is 3.40. The van der Waals surface area contributed by atoms with Crippen molar-refractivity contribution in [3.05, 3.63) is 95.8 Å². The number of hydrogen-bond acceptors (Lipinski definition) is 4. The highest BCUT2D eigenvalue weighted by atomic mass is 19.1. The van der Waals surface area contributed by atoms with Gasteiger partial charge in [0.2, 0.25) is 0 Å². The lowest BCUT2D eigenvalue weighted by molar-refractivity contribution is -0.237. The first-order valence-electron chi connectivity index (χ1n) is 17.4. The molecule has 6 rings (SSSR count). The molecule has 2 aromatic carbocycles. The Bertz CT molecular complexity index is 1570. The van der Waals surface area contributed by atoms with Gasteiger partial charge < -0.3 is 24.5 Å². The topological polar surface area (TPSA) is 72.7 Å². The van der Waals surface area contributed by atoms with Crippen LogP contribution in [0.2, 0.25) is 0 Å². The molecule has 250 valence electrons. The van der Waals surface area contributed by atoms with E-state index in [1.165, 1.54) is 19.3 Å². The number of rotatable bonds is 10. The van der Waals surface area contributed by atoms with Crippen LogP contribution in [0.4, 0.5) is 10.1 Å². The Hall–Kier alpha value is -3.52. The number of aliphatic hydroxyl groups is 1. The fourth-order valence-electron chi connectivity index (χ4n) is 7.40. The predicted octanol–water partition coefficient (Wildman–Crippen LogP) is 9.21. The highest BCUT2D eigenvalue weighted by Crippen LogP contribution is 2.43. The van der Waals surface area contributed by atoms with Gasteiger partial charge in [0.05, 0.1) is 29.6 Å². The standard InChI is InChI=1S/C40H49FN2O4/c1-27(2)37-36(39(45)42-30-15-9-5-10-16-30)35(28-13-7-4-8-14-28)38(29-19-22-40(3,41)23-20-29)43(37)24-21-33-25-31(44)26-34(47-33)46-32-17-11-6-12-18-32/h4-5,7-10,13-16,19-20,22,27,31-34,44H,6,11-12,17-18,21,23-26H2,1-3H3,(H,42,45)/t31?,33-,34?,40?/m1/s1. The van der Waals surface area contributed by atoms with Crippen LogP contribution < -0.4 is 5.32 Å². The van der Waals surface area contributed by atoms with Crippen molar-refractivity contribution >= 4 is 17.2 Å². The van der Waals surface area contributed by atoms with Gasteiger partial charge in [-0.25, -0.2) is 4.39 Å². The monoisotopic (exact) mass is 640 g/mol. The highest BCUT2D eigenvalue weighted by molar-refractivity contribution is 6.12. The van der Waals surface area contributed by atoms with Crippen LogP contribution in [0.15, 0.2) is 78.9 Å². The number of anilines is 1. The van der Waals surface area contributed by atoms with Crippen LogP contribution in [0.5, 0.6) is 0 Å². The number of alkyl halides is 1. The maximum Gasteiger partial charge on any atom is 0.258 e. The Morgan fingerprint density at radius 2 is 1.77 bits per heavy atom. The molecule has 2 aliphatic carbocycles. The summed E-state index contributed by atoms with van der Waals surface area (Å²) in [7, 11) is 0. The largest absolute Gasteiger partial charge is 0.393 e. The van der Waals surface area contributed by atoms with Crippen molar-refractivity contribution in [1.29, 1.82) is 0 Å². The molecule has 4 atom stereocenters. The van der Waals surface area contributed by atoms with E-state index in [2.05, 4.69) is 23.7 Å². The van der Waals surface area contributed by atoms with Gasteiger partial charge in [0.15, 0.2) is 6.29 Å². The van der Waals surface area contributed by atoms with Gasteiger partial charge in [-0.1, -0.05) is 93.8 Å². The van der Waals surface area contributed by atoms with E-state index in [0.29, 0.717) is 31.4 Å². The zero-order valence-electron chi connectivity index (χ0n) is 28.0. The number of benzene rings is 2. The molecule has 0 radical (unpaired) electrons. The number of nitrogens with one attached hydrogen (secondary N) is 1. The summed E-state index contributed by atoms with van der Waals surface area (Å²) in [4.78, 5) is 14.4. The number of carbonyl (C=O) groups excluding carboxylic acids is 1. The molecule has 2 N–H and O–H groups in total. The number of para-hydroxylation sites is 1. The molecule has 3 aromatic rings. The smallest absolute Gasteiger partial charge is 0.258 e. The Labute approximate surface area is 278 Å². The van der Waals surface area contributed by atoms with Crippen LogP contribution >= 0.6 is 0 Å². The van der Waals surface area contributed by atoms with Crippen molar-refractivity contribution < 1.29 is 23.8 Å². The molecule has 1 amide bonds. The van der Waals surface area contributed by atoms with Crippen molar-refractivity contribution in [2.75, 3.05) is 5.32 Å². The molecule has 0 bridgehead atoms. The van der Waals surface area contributed by atoms with Crippen molar-refractivity contribution in [3.63, 3.8) is 0 Å². The van der Waals surface area contributed by atoms with E-state index >= 15 is 4.39 Å². The molecule has 3 aliphatic rings. The molecule has 3 unspecified atom stereocenters. The second kappa shape index (κ2) is 14.7. The van der Waals surface area contributed by atoms with E-state index in [1.54, 1.807) is 13.0 Å². The molecule has 1 saturated carbocycles. The third-order valence-corrected chi connectivity index (χ3v) is 9.69. The average molecular weight is 641 g/mol. The molecule has 7 heteroatoms. The minimum Gasteiger partial charge on any atom is -0.393 e. The third kappa shape index (κ3) is 7.97. The molecule has 1 aliphatic heterocycles. The summed E-state index contributed by atoms with van der Waals surface area (Å²) in [6, 6.07) is 19.5. The normalized spacial score (nSPS) is 25.1. The molecule has 1 aromatic heterocycles. The van der Waals surface area contributed by atoms with E-state index in [1.807, 2.05) is 72.8 Å². The Kier molecular flexibility index (Phi) is 10.5. The number of nitrogens with zero attached hydrogens (tertiary/aromatic N) is 1. The summed E-state index contributed by atoms with van der Waals surface area (Å²) in [5, 5.41) is 14.0. The van der Waals surface area contributed by atoms with E-state index in [9.17, 15) is 9.90 Å². The minimum atomic E-state index is -1.43. The van der Waals surface area contributed by atoms with E-state index in [4.69, 9.17) is 9.47 Å². The summed E-state index contributed by atoms with van der Waals surface area (Å²) in [6.45, 7) is 6.38. The number of allylic oxidation sites excluding steroid dienone is 4. The summed E-state index contributed by atoms with van der Waals surface area (Å²) in [6.07, 6.45) is 12.1. The number of amides is 1. The van der Waals surface area contributed by atoms with Gasteiger partial charge in [-0.2, -0.15) is 0 Å². The molecular weight excluding hydrogens is 591 g/mol. The molecule has 0 spiro atoms. The quantitative estimate of drug-likeness (QED) is 0.232. The van der Waals surface area contributed by atoms with Crippen LogP contribution in [0.25, 0.3) is 16.7 Å². The van der Waals surface area contributed by atoms with Gasteiger partial charge in [-0.3, -0.25) is 4.79 Å². The fraction of sp³-hybridized carbons (Fsp3) is 0.475. The number of hydrogen-bond donors (Lipinski definition) is 2. The van der Waals surface area contributed by atoms with Crippen molar-refractivity contribution in [2.24, 2.45) is 0 Å². The number of aromatic nitrogens is 1. The van der Waals surface area contributed by atoms with Crippen LogP contribution in [0.1, 0.15) is 106 Å². The second-order valence-corrected chi connectivity index (χ2v) is 13.9. The van der Waals surface area contributed by atoms with Gasteiger partial charge in [-0.15, -0.1) is 0 Å². The predicted molar refractivity (Wildman–Crippen MR) is 186 cm³/mol. The molecule has 1 saturated heterocycles. The van der Waals surface area contributed by atoms with Crippen LogP contribution in [-0.2, 0) is 16.0 Å². The van der Waals surface area contributed by atoms with Gasteiger partial charge in [0.25, 0.3) is 5.91 Å². The second-order valence-electron chi connectivity index (χ2n) is 13.9. The Balaban J connectivity index is 1.41. The van der Waals surface area contributed by atoms with Crippen molar-refractivity contribution in [1.82, 2.24) is 4.57 Å². The number of aliphatic hydroxyl groups excluding tert-OH is 1. The highest BCUT2D eigenvalue weighted by Gasteiger charge is 2.35. The summed E-state index contributed by atoms with van der Waals surface area (Å²) < 4.78 is 30.1. The first kappa shape index (κ1) is 33.4. The Morgan fingerprint density at radius 1 is 1.06 bits per heavy atom. The summed E-state index contributed by atoms with van der Waals surface area (Å²) >= 11 is 0. The fourth-order valence-corrected chi connectivity index (χ4v) is 7.40. The summed E-state index contributed by atoms with van der Waals surface area (Å²) in [5.41, 5.74) is 4.39. The molecule has 6 nitrogen and oxygen atoms in total. The molecule has 2 fully saturated rings. The van der Waals surface area contributed by atoms with Gasteiger partial charge in [-0.05, 0) is 67.9 Å². The van der Waals surface area contributed by atoms with E-state index in [0.717, 1.165) is 46.6 Å². The van der Waals surface area contributed by atoms with E-state index in [-0.39, 0.29) is 30.5 Å². The summed E-state index contributed by atoms with van der Waals surface area (Å²) in [5.74, 6) is -0.178. The van der Waals surface area contributed by atoms with Gasteiger partial charge >= 0.3 is 0 Å². The third-order valence-electron chi connectivity index (χ3n) is 9.69. The maximum atomic E-state index is 15.0. The number of halogens is 1. The zero-order chi connectivity index (χ0) is 33.0. The van der Waals surface area contributed by atoms with Crippen LogP contribution in [0, 0.1) is 0 Å². The molecule has 2 heterocycles. The van der Waals surface area contributed by atoms with Crippen molar-refractivity contribution in [2.45, 2.75) is 121 Å². The SMILES string of the molecule is CC(C)c1c(C(=O)Nc2ccccc2)c(-c2ccccc2)c(C2=CCC(C)(F)C=C2)n1CC[C@@H]1CC(O)CC(OC2CCCCC2)O1. The minimum absolute atomic E-state index is 0.00240. The first-order chi connectivity index (χ1) is 22.7. The molecule has 47 heavy (non-hydrogen) atoms. The van der Waals surface area contributed by atoms with Crippen LogP contribution in [0.3, 0.4) is 0 Å². The number of ether oxygens (including phenoxy) is 2. The first-order valence-corrected chi connectivity index (χ1v) is 17.4. The lowest BCUT2D eigenvalue weighted by atomic mass is 9.90. The lowest BCUT2D eigenvalue weighted by Crippen LogP contribution is -2.40. The molecular formula is C40H49FN2O4. The maximum absolute atomic E-state index is 15.0. The number of carbonyl (C=O) groups is 1. The Morgan fingerprint density at radius 3 is 2.43 bits per heavy atom. The zero-order valence-corrected chi connectivity index (χ0v) is 28.0. The van der Waals surface area contributed by atoms with Crippen molar-refractivity contribution in [3.8, 4) is 11.1 Å². The van der Waals surface area contributed by atoms with Gasteiger partial charge in [0, 0.05) is 36.3 Å². The van der Waals surface area contributed by atoms with E-state index < -0.39 is 18.1 Å².